The molecular formula is C22H19NO3. The van der Waals surface area contributed by atoms with Crippen molar-refractivity contribution < 1.29 is 14.3 Å². The maximum Gasteiger partial charge on any atom is 0.335 e. The Labute approximate surface area is 152 Å². The monoisotopic (exact) mass is 345 g/mol. The van der Waals surface area contributed by atoms with E-state index in [0.717, 1.165) is 12.0 Å². The summed E-state index contributed by atoms with van der Waals surface area (Å²) in [6.45, 7) is 0. The third-order valence-electron chi connectivity index (χ3n) is 5.92. The molecule has 0 N–H and O–H groups in total. The first-order valence-corrected chi connectivity index (χ1v) is 9.03. The molecule has 4 heteroatoms. The molecule has 3 aliphatic rings. The lowest BCUT2D eigenvalue weighted by molar-refractivity contribution is -0.146. The van der Waals surface area contributed by atoms with Crippen LogP contribution in [0.2, 0.25) is 0 Å². The zero-order valence-electron chi connectivity index (χ0n) is 14.2. The first kappa shape index (κ1) is 15.4. The maximum absolute atomic E-state index is 13.5. The predicted molar refractivity (Wildman–Crippen MR) is 96.0 cm³/mol. The molecule has 4 nitrogen and oxygen atoms in total. The van der Waals surface area contributed by atoms with Crippen LogP contribution >= 0.6 is 0 Å². The molecule has 0 radical (unpaired) electrons. The van der Waals surface area contributed by atoms with Gasteiger partial charge in [-0.05, 0) is 30.9 Å². The van der Waals surface area contributed by atoms with Crippen molar-refractivity contribution in [2.24, 2.45) is 11.8 Å². The van der Waals surface area contributed by atoms with Crippen LogP contribution in [0, 0.1) is 11.8 Å². The number of hydrogen-bond donors (Lipinski definition) is 0. The summed E-state index contributed by atoms with van der Waals surface area (Å²) in [5.74, 6) is -0.0479. The number of rotatable bonds is 2. The minimum atomic E-state index is -0.882. The summed E-state index contributed by atoms with van der Waals surface area (Å²) in [5.41, 5.74) is 0.527. The summed E-state index contributed by atoms with van der Waals surface area (Å²) >= 11 is 0. The summed E-state index contributed by atoms with van der Waals surface area (Å²) in [5, 5.41) is 0. The number of ether oxygens (including phenoxy) is 1. The summed E-state index contributed by atoms with van der Waals surface area (Å²) in [6, 6.07) is 18.7. The fourth-order valence-corrected chi connectivity index (χ4v) is 4.75. The predicted octanol–water partition coefficient (Wildman–Crippen LogP) is 3.72. The lowest BCUT2D eigenvalue weighted by Crippen LogP contribution is -2.54. The third-order valence-corrected chi connectivity index (χ3v) is 5.92. The van der Waals surface area contributed by atoms with Crippen molar-refractivity contribution in [3.05, 3.63) is 83.9 Å². The van der Waals surface area contributed by atoms with Crippen LogP contribution in [0.4, 0.5) is 0 Å². The van der Waals surface area contributed by atoms with E-state index in [2.05, 4.69) is 12.2 Å². The fourth-order valence-electron chi connectivity index (χ4n) is 4.75. The zero-order valence-corrected chi connectivity index (χ0v) is 14.2. The van der Waals surface area contributed by atoms with Crippen LogP contribution in [0.1, 0.15) is 35.0 Å². The second-order valence-corrected chi connectivity index (χ2v) is 7.33. The summed E-state index contributed by atoms with van der Waals surface area (Å²) < 4.78 is 5.83. The molecule has 1 spiro atoms. The Morgan fingerprint density at radius 2 is 1.69 bits per heavy atom. The van der Waals surface area contributed by atoms with Gasteiger partial charge in [-0.2, -0.15) is 0 Å². The summed E-state index contributed by atoms with van der Waals surface area (Å²) in [4.78, 5) is 28.3. The first-order chi connectivity index (χ1) is 12.7. The Balaban J connectivity index is 1.64. The van der Waals surface area contributed by atoms with E-state index in [0.29, 0.717) is 17.9 Å². The fraction of sp³-hybridized carbons (Fsp3) is 0.273. The molecule has 2 aliphatic carbocycles. The molecule has 1 saturated carbocycles. The normalized spacial score (nSPS) is 31.6. The Hall–Kier alpha value is -2.88. The SMILES string of the molecule is O=C(c1ccccc1)N1[C@@H](c2ccccc2)OC(=O)[C@]12C[C@H]1C=C[C@@H]2C1. The van der Waals surface area contributed by atoms with Gasteiger partial charge in [-0.1, -0.05) is 60.7 Å². The number of cyclic esters (lactones) is 1. The van der Waals surface area contributed by atoms with E-state index in [1.165, 1.54) is 0 Å². The highest BCUT2D eigenvalue weighted by atomic mass is 16.6. The van der Waals surface area contributed by atoms with Gasteiger partial charge < -0.3 is 4.74 Å². The number of nitrogens with zero attached hydrogens (tertiary/aromatic N) is 1. The van der Waals surface area contributed by atoms with Crippen LogP contribution in [0.3, 0.4) is 0 Å². The molecule has 26 heavy (non-hydrogen) atoms. The van der Waals surface area contributed by atoms with E-state index >= 15 is 0 Å². The number of carbonyl (C=O) groups excluding carboxylic acids is 2. The number of carbonyl (C=O) groups is 2. The van der Waals surface area contributed by atoms with Crippen LogP contribution < -0.4 is 0 Å². The number of benzene rings is 2. The highest BCUT2D eigenvalue weighted by Crippen LogP contribution is 2.56. The molecule has 1 saturated heterocycles. The molecule has 4 atom stereocenters. The number of hydrogen-bond acceptors (Lipinski definition) is 3. The number of amides is 1. The van der Waals surface area contributed by atoms with Gasteiger partial charge in [0.1, 0.15) is 0 Å². The van der Waals surface area contributed by atoms with Crippen molar-refractivity contribution in [1.29, 1.82) is 0 Å². The van der Waals surface area contributed by atoms with E-state index in [1.807, 2.05) is 48.5 Å². The lowest BCUT2D eigenvalue weighted by Gasteiger charge is -2.37. The highest BCUT2D eigenvalue weighted by Gasteiger charge is 2.65. The number of fused-ring (bicyclic) bond motifs is 3. The number of esters is 1. The largest absolute Gasteiger partial charge is 0.435 e. The van der Waals surface area contributed by atoms with Crippen molar-refractivity contribution in [3.63, 3.8) is 0 Å². The van der Waals surface area contributed by atoms with Crippen molar-refractivity contribution >= 4 is 11.9 Å². The third kappa shape index (κ3) is 2.02. The van der Waals surface area contributed by atoms with Crippen LogP contribution in [-0.4, -0.2) is 22.3 Å². The smallest absolute Gasteiger partial charge is 0.335 e. The second kappa shape index (κ2) is 5.56. The summed E-state index contributed by atoms with van der Waals surface area (Å²) in [6.07, 6.45) is 5.15. The molecule has 1 amide bonds. The van der Waals surface area contributed by atoms with Crippen molar-refractivity contribution in [2.75, 3.05) is 0 Å². The van der Waals surface area contributed by atoms with Gasteiger partial charge in [-0.25, -0.2) is 4.79 Å². The van der Waals surface area contributed by atoms with Crippen LogP contribution in [0.15, 0.2) is 72.8 Å². The molecule has 2 fully saturated rings. The Morgan fingerprint density at radius 3 is 2.31 bits per heavy atom. The zero-order chi connectivity index (χ0) is 17.7. The van der Waals surface area contributed by atoms with Crippen LogP contribution in [0.25, 0.3) is 0 Å². The van der Waals surface area contributed by atoms with Crippen molar-refractivity contribution in [1.82, 2.24) is 4.90 Å². The van der Waals surface area contributed by atoms with Gasteiger partial charge in [0.05, 0.1) is 0 Å². The summed E-state index contributed by atoms with van der Waals surface area (Å²) in [7, 11) is 0. The molecule has 2 aromatic rings. The average Bonchev–Trinajstić information content (AvgIpc) is 3.37. The van der Waals surface area contributed by atoms with Gasteiger partial charge in [0.15, 0.2) is 5.54 Å². The van der Waals surface area contributed by atoms with Crippen LogP contribution in [-0.2, 0) is 9.53 Å². The quantitative estimate of drug-likeness (QED) is 0.616. The molecule has 0 aromatic heterocycles. The van der Waals surface area contributed by atoms with Crippen molar-refractivity contribution in [2.45, 2.75) is 24.6 Å². The van der Waals surface area contributed by atoms with Gasteiger partial charge in [-0.3, -0.25) is 9.69 Å². The number of allylic oxidation sites excluding steroid dienone is 1. The highest BCUT2D eigenvalue weighted by molar-refractivity contribution is 6.00. The van der Waals surface area contributed by atoms with E-state index in [4.69, 9.17) is 4.74 Å². The molecule has 2 bridgehead atoms. The van der Waals surface area contributed by atoms with Crippen LogP contribution in [0.5, 0.6) is 0 Å². The topological polar surface area (TPSA) is 46.6 Å². The lowest BCUT2D eigenvalue weighted by atomic mass is 9.82. The molecule has 1 aliphatic heterocycles. The van der Waals surface area contributed by atoms with Gasteiger partial charge in [0, 0.05) is 17.0 Å². The molecule has 0 unspecified atom stereocenters. The first-order valence-electron chi connectivity index (χ1n) is 9.03. The maximum atomic E-state index is 13.5. The Kier molecular flexibility index (Phi) is 3.29. The van der Waals surface area contributed by atoms with Gasteiger partial charge in [-0.15, -0.1) is 0 Å². The Morgan fingerprint density at radius 1 is 1.00 bits per heavy atom. The van der Waals surface area contributed by atoms with Gasteiger partial charge >= 0.3 is 5.97 Å². The van der Waals surface area contributed by atoms with Gasteiger partial charge in [0.25, 0.3) is 5.91 Å². The van der Waals surface area contributed by atoms with E-state index in [-0.39, 0.29) is 17.8 Å². The molecule has 130 valence electrons. The average molecular weight is 345 g/mol. The van der Waals surface area contributed by atoms with Crippen molar-refractivity contribution in [3.8, 4) is 0 Å². The molecule has 1 heterocycles. The molecular weight excluding hydrogens is 326 g/mol. The van der Waals surface area contributed by atoms with E-state index in [1.54, 1.807) is 17.0 Å². The van der Waals surface area contributed by atoms with E-state index in [9.17, 15) is 9.59 Å². The molecule has 2 aromatic carbocycles. The van der Waals surface area contributed by atoms with Gasteiger partial charge in [0.2, 0.25) is 6.23 Å². The minimum absolute atomic E-state index is 0.0291. The standard InChI is InChI=1S/C22H19NO3/c24-19(16-7-3-1-4-8-16)23-20(17-9-5-2-6-10-17)26-21(25)22(23)14-15-11-12-18(22)13-15/h1-12,15,18,20H,13-14H2/t15-,18+,20+,22+/m0/s1. The molecule has 5 rings (SSSR count). The Bertz CT molecular complexity index is 892. The van der Waals surface area contributed by atoms with E-state index < -0.39 is 11.8 Å². The second-order valence-electron chi connectivity index (χ2n) is 7.33. The minimum Gasteiger partial charge on any atom is -0.435 e.